The molecule has 0 atom stereocenters. The van der Waals surface area contributed by atoms with E-state index in [-0.39, 0.29) is 0 Å². The van der Waals surface area contributed by atoms with Gasteiger partial charge in [-0.25, -0.2) is 4.98 Å². The second-order valence-corrected chi connectivity index (χ2v) is 8.45. The molecule has 0 aliphatic carbocycles. The summed E-state index contributed by atoms with van der Waals surface area (Å²) >= 11 is 1.63. The van der Waals surface area contributed by atoms with Crippen molar-refractivity contribution < 1.29 is 9.47 Å². The molecule has 3 heterocycles. The van der Waals surface area contributed by atoms with Gasteiger partial charge in [-0.2, -0.15) is 5.10 Å². The first-order valence-corrected chi connectivity index (χ1v) is 11.2. The van der Waals surface area contributed by atoms with Gasteiger partial charge in [0.25, 0.3) is 0 Å². The third-order valence-corrected chi connectivity index (χ3v) is 6.57. The second kappa shape index (κ2) is 9.49. The third kappa shape index (κ3) is 4.60. The first-order chi connectivity index (χ1) is 14.7. The number of aromatic nitrogens is 3. The Labute approximate surface area is 181 Å². The monoisotopic (exact) mass is 427 g/mol. The van der Waals surface area contributed by atoms with E-state index < -0.39 is 0 Å². The van der Waals surface area contributed by atoms with Crippen molar-refractivity contribution in [3.8, 4) is 22.1 Å². The summed E-state index contributed by atoms with van der Waals surface area (Å²) in [7, 11) is 3.31. The predicted octanol–water partition coefficient (Wildman–Crippen LogP) is 4.04. The molecule has 7 nitrogen and oxygen atoms in total. The molecule has 1 N–H and O–H groups in total. The lowest BCUT2D eigenvalue weighted by Gasteiger charge is -2.13. The fourth-order valence-electron chi connectivity index (χ4n) is 3.83. The summed E-state index contributed by atoms with van der Waals surface area (Å²) in [6.45, 7) is 7.07. The number of nitrogens with one attached hydrogen (secondary N) is 1. The van der Waals surface area contributed by atoms with Crippen LogP contribution < -0.4 is 14.8 Å². The number of ether oxygens (including phenoxy) is 2. The summed E-state index contributed by atoms with van der Waals surface area (Å²) in [6.07, 6.45) is 4.71. The Kier molecular flexibility index (Phi) is 6.54. The van der Waals surface area contributed by atoms with Crippen molar-refractivity contribution in [2.45, 2.75) is 32.9 Å². The minimum atomic E-state index is 0.608. The number of aryl methyl sites for hydroxylation is 1. The number of anilines is 1. The van der Waals surface area contributed by atoms with E-state index in [4.69, 9.17) is 19.6 Å². The number of rotatable bonds is 9. The van der Waals surface area contributed by atoms with Crippen molar-refractivity contribution in [2.24, 2.45) is 0 Å². The summed E-state index contributed by atoms with van der Waals surface area (Å²) < 4.78 is 12.9. The molecule has 0 saturated carbocycles. The average molecular weight is 428 g/mol. The zero-order valence-corrected chi connectivity index (χ0v) is 18.7. The first kappa shape index (κ1) is 20.7. The van der Waals surface area contributed by atoms with Crippen LogP contribution in [0.1, 0.15) is 24.1 Å². The number of methoxy groups -OCH3 is 2. The van der Waals surface area contributed by atoms with Crippen LogP contribution in [0.15, 0.2) is 30.5 Å². The van der Waals surface area contributed by atoms with Gasteiger partial charge in [-0.05, 0) is 45.0 Å². The van der Waals surface area contributed by atoms with Crippen LogP contribution in [0, 0.1) is 6.92 Å². The minimum Gasteiger partial charge on any atom is -0.493 e. The van der Waals surface area contributed by atoms with Gasteiger partial charge in [0.2, 0.25) is 0 Å². The highest BCUT2D eigenvalue weighted by Gasteiger charge is 2.15. The van der Waals surface area contributed by atoms with Gasteiger partial charge in [-0.3, -0.25) is 4.68 Å². The maximum Gasteiger partial charge on any atom is 0.183 e. The van der Waals surface area contributed by atoms with Gasteiger partial charge in [0, 0.05) is 24.8 Å². The summed E-state index contributed by atoms with van der Waals surface area (Å²) in [6, 6.07) is 7.97. The maximum absolute atomic E-state index is 5.52. The highest BCUT2D eigenvalue weighted by atomic mass is 32.1. The van der Waals surface area contributed by atoms with Crippen LogP contribution in [-0.4, -0.2) is 53.5 Å². The van der Waals surface area contributed by atoms with Gasteiger partial charge in [-0.1, -0.05) is 23.5 Å². The van der Waals surface area contributed by atoms with E-state index >= 15 is 0 Å². The zero-order valence-electron chi connectivity index (χ0n) is 17.9. The normalized spacial score (nSPS) is 14.2. The lowest BCUT2D eigenvalue weighted by Crippen LogP contribution is -2.24. The highest BCUT2D eigenvalue weighted by Crippen LogP contribution is 2.34. The van der Waals surface area contributed by atoms with Crippen LogP contribution in [0.5, 0.6) is 11.5 Å². The second-order valence-electron chi connectivity index (χ2n) is 7.45. The average Bonchev–Trinajstić information content (AvgIpc) is 3.51. The highest BCUT2D eigenvalue weighted by molar-refractivity contribution is 7.19. The molecule has 30 heavy (non-hydrogen) atoms. The quantitative estimate of drug-likeness (QED) is 0.556. The van der Waals surface area contributed by atoms with Crippen LogP contribution in [0.2, 0.25) is 0 Å². The fraction of sp³-hybridized carbons (Fsp3) is 0.455. The molecule has 0 spiro atoms. The summed E-state index contributed by atoms with van der Waals surface area (Å²) in [4.78, 5) is 8.31. The van der Waals surface area contributed by atoms with E-state index in [1.54, 1.807) is 25.6 Å². The van der Waals surface area contributed by atoms with Crippen LogP contribution in [0.25, 0.3) is 10.6 Å². The van der Waals surface area contributed by atoms with Crippen molar-refractivity contribution in [1.29, 1.82) is 0 Å². The largest absolute Gasteiger partial charge is 0.493 e. The van der Waals surface area contributed by atoms with Crippen LogP contribution in [0.3, 0.4) is 0 Å². The molecule has 1 fully saturated rings. The molecule has 4 rings (SSSR count). The predicted molar refractivity (Wildman–Crippen MR) is 121 cm³/mol. The molecule has 1 aromatic carbocycles. The molecule has 1 aliphatic rings. The SMILES string of the molecule is COc1cccc(CNc2nc(C)c(-c3ccn(CCN4CCCC4)n3)s2)c1OC. The first-order valence-electron chi connectivity index (χ1n) is 10.4. The number of hydrogen-bond acceptors (Lipinski definition) is 7. The van der Waals surface area contributed by atoms with Crippen molar-refractivity contribution in [2.75, 3.05) is 39.2 Å². The Bertz CT molecular complexity index is 978. The molecule has 2 aromatic heterocycles. The molecular formula is C22H29N5O2S. The molecular weight excluding hydrogens is 398 g/mol. The number of para-hydroxylation sites is 1. The summed E-state index contributed by atoms with van der Waals surface area (Å²) in [5.74, 6) is 1.48. The van der Waals surface area contributed by atoms with E-state index in [0.29, 0.717) is 6.54 Å². The van der Waals surface area contributed by atoms with E-state index in [2.05, 4.69) is 22.5 Å². The van der Waals surface area contributed by atoms with E-state index in [9.17, 15) is 0 Å². The van der Waals surface area contributed by atoms with E-state index in [1.807, 2.05) is 29.8 Å². The van der Waals surface area contributed by atoms with Crippen molar-refractivity contribution in [3.05, 3.63) is 41.7 Å². The van der Waals surface area contributed by atoms with Crippen molar-refractivity contribution in [1.82, 2.24) is 19.7 Å². The molecule has 0 bridgehead atoms. The van der Waals surface area contributed by atoms with E-state index in [0.717, 1.165) is 51.5 Å². The molecule has 160 valence electrons. The van der Waals surface area contributed by atoms with Gasteiger partial charge in [0.15, 0.2) is 16.6 Å². The van der Waals surface area contributed by atoms with Gasteiger partial charge in [-0.15, -0.1) is 0 Å². The van der Waals surface area contributed by atoms with Crippen LogP contribution in [-0.2, 0) is 13.1 Å². The van der Waals surface area contributed by atoms with Gasteiger partial charge in [0.05, 0.1) is 31.3 Å². The standard InChI is InChI=1S/C22H29N5O2S/c1-16-21(18-9-12-27(25-18)14-13-26-10-4-5-11-26)30-22(24-16)23-15-17-7-6-8-19(28-2)20(17)29-3/h6-9,12H,4-5,10-11,13-15H2,1-3H3,(H,23,24). The number of likely N-dealkylation sites (tertiary alicyclic amines) is 1. The lowest BCUT2D eigenvalue weighted by molar-refractivity contribution is 0.316. The van der Waals surface area contributed by atoms with Gasteiger partial charge < -0.3 is 19.7 Å². The molecule has 8 heteroatoms. The lowest BCUT2D eigenvalue weighted by atomic mass is 10.2. The fourth-order valence-corrected chi connectivity index (χ4v) is 4.76. The molecule has 0 radical (unpaired) electrons. The number of thiazole rings is 1. The Morgan fingerprint density at radius 1 is 1.10 bits per heavy atom. The Morgan fingerprint density at radius 3 is 2.70 bits per heavy atom. The summed E-state index contributed by atoms with van der Waals surface area (Å²) in [5.41, 5.74) is 3.00. The topological polar surface area (TPSA) is 64.4 Å². The van der Waals surface area contributed by atoms with Crippen molar-refractivity contribution >= 4 is 16.5 Å². The third-order valence-electron chi connectivity index (χ3n) is 5.43. The smallest absolute Gasteiger partial charge is 0.183 e. The Balaban J connectivity index is 1.41. The maximum atomic E-state index is 5.52. The van der Waals surface area contributed by atoms with Gasteiger partial charge in [0.1, 0.15) is 5.69 Å². The molecule has 0 amide bonds. The number of hydrogen-bond donors (Lipinski definition) is 1. The minimum absolute atomic E-state index is 0.608. The molecule has 1 saturated heterocycles. The van der Waals surface area contributed by atoms with Gasteiger partial charge >= 0.3 is 0 Å². The number of benzene rings is 1. The van der Waals surface area contributed by atoms with Crippen molar-refractivity contribution in [3.63, 3.8) is 0 Å². The number of nitrogens with zero attached hydrogens (tertiary/aromatic N) is 4. The van der Waals surface area contributed by atoms with E-state index in [1.165, 1.54) is 25.9 Å². The molecule has 3 aromatic rings. The molecule has 0 unspecified atom stereocenters. The Hall–Kier alpha value is -2.58. The van der Waals surface area contributed by atoms with Crippen LogP contribution >= 0.6 is 11.3 Å². The van der Waals surface area contributed by atoms with Crippen LogP contribution in [0.4, 0.5) is 5.13 Å². The summed E-state index contributed by atoms with van der Waals surface area (Å²) in [5, 5.41) is 9.07. The zero-order chi connectivity index (χ0) is 20.9. The Morgan fingerprint density at radius 2 is 1.93 bits per heavy atom. The molecule has 1 aliphatic heterocycles.